The average Bonchev–Trinajstić information content (AvgIpc) is 3.10. The molecule has 2 fully saturated rings. The SMILES string of the molecule is O=C(/C=C/c1ccccc1)N1CCC(C(=O)N2CCCN(Cc3ccc(Cl)cc3)CC2)CC1. The smallest absolute Gasteiger partial charge is 0.246 e. The molecular formula is C27H32ClN3O2. The van der Waals surface area contributed by atoms with Crippen molar-refractivity contribution in [3.8, 4) is 0 Å². The molecule has 2 aliphatic rings. The van der Waals surface area contributed by atoms with Crippen molar-refractivity contribution in [1.29, 1.82) is 0 Å². The van der Waals surface area contributed by atoms with Crippen LogP contribution in [0.5, 0.6) is 0 Å². The third-order valence-corrected chi connectivity index (χ3v) is 6.85. The van der Waals surface area contributed by atoms with Crippen LogP contribution in [0.4, 0.5) is 0 Å². The fourth-order valence-electron chi connectivity index (χ4n) is 4.64. The van der Waals surface area contributed by atoms with Gasteiger partial charge >= 0.3 is 0 Å². The molecule has 5 nitrogen and oxygen atoms in total. The maximum Gasteiger partial charge on any atom is 0.246 e. The number of amides is 2. The van der Waals surface area contributed by atoms with Crippen molar-refractivity contribution in [2.45, 2.75) is 25.8 Å². The predicted molar refractivity (Wildman–Crippen MR) is 133 cm³/mol. The van der Waals surface area contributed by atoms with Gasteiger partial charge in [0.1, 0.15) is 0 Å². The van der Waals surface area contributed by atoms with Crippen LogP contribution in [0.25, 0.3) is 6.08 Å². The monoisotopic (exact) mass is 465 g/mol. The van der Waals surface area contributed by atoms with E-state index >= 15 is 0 Å². The molecule has 174 valence electrons. The molecule has 0 unspecified atom stereocenters. The number of nitrogens with zero attached hydrogens (tertiary/aromatic N) is 3. The van der Waals surface area contributed by atoms with Gasteiger partial charge in [-0.2, -0.15) is 0 Å². The molecule has 0 atom stereocenters. The molecule has 0 bridgehead atoms. The van der Waals surface area contributed by atoms with Gasteiger partial charge in [0.25, 0.3) is 0 Å². The zero-order valence-electron chi connectivity index (χ0n) is 19.0. The van der Waals surface area contributed by atoms with Crippen LogP contribution in [0.1, 0.15) is 30.4 Å². The molecule has 2 heterocycles. The topological polar surface area (TPSA) is 43.9 Å². The van der Waals surface area contributed by atoms with E-state index in [0.717, 1.165) is 62.6 Å². The summed E-state index contributed by atoms with van der Waals surface area (Å²) in [6.07, 6.45) is 5.97. The maximum absolute atomic E-state index is 13.2. The van der Waals surface area contributed by atoms with E-state index in [2.05, 4.69) is 17.0 Å². The summed E-state index contributed by atoms with van der Waals surface area (Å²) < 4.78 is 0. The standard InChI is InChI=1S/C27H32ClN3O2/c28-25-10-7-23(8-11-25)21-29-15-4-16-31(20-19-29)27(33)24-13-17-30(18-14-24)26(32)12-9-22-5-2-1-3-6-22/h1-3,5-12,24H,4,13-21H2/b12-9+. The van der Waals surface area contributed by atoms with E-state index in [9.17, 15) is 9.59 Å². The van der Waals surface area contributed by atoms with Crippen LogP contribution < -0.4 is 0 Å². The van der Waals surface area contributed by atoms with Crippen molar-refractivity contribution in [3.05, 3.63) is 76.8 Å². The number of piperidine rings is 1. The highest BCUT2D eigenvalue weighted by Crippen LogP contribution is 2.21. The van der Waals surface area contributed by atoms with Gasteiger partial charge in [-0.1, -0.05) is 54.1 Å². The predicted octanol–water partition coefficient (Wildman–Crippen LogP) is 4.33. The molecule has 2 aromatic carbocycles. The number of hydrogen-bond donors (Lipinski definition) is 0. The quantitative estimate of drug-likeness (QED) is 0.617. The molecule has 0 saturated carbocycles. The van der Waals surface area contributed by atoms with E-state index in [0.29, 0.717) is 13.1 Å². The largest absolute Gasteiger partial charge is 0.341 e. The second kappa shape index (κ2) is 11.5. The van der Waals surface area contributed by atoms with Gasteiger partial charge in [-0.3, -0.25) is 14.5 Å². The number of carbonyl (C=O) groups is 2. The highest BCUT2D eigenvalue weighted by atomic mass is 35.5. The molecule has 2 aromatic rings. The fourth-order valence-corrected chi connectivity index (χ4v) is 4.77. The van der Waals surface area contributed by atoms with E-state index in [1.807, 2.05) is 58.3 Å². The first kappa shape index (κ1) is 23.5. The van der Waals surface area contributed by atoms with Gasteiger partial charge in [-0.25, -0.2) is 0 Å². The molecule has 4 rings (SSSR count). The Morgan fingerprint density at radius 2 is 1.58 bits per heavy atom. The summed E-state index contributed by atoms with van der Waals surface area (Å²) in [5.41, 5.74) is 2.26. The third kappa shape index (κ3) is 6.68. The Morgan fingerprint density at radius 3 is 2.30 bits per heavy atom. The van der Waals surface area contributed by atoms with Crippen molar-refractivity contribution in [2.24, 2.45) is 5.92 Å². The Balaban J connectivity index is 1.23. The van der Waals surface area contributed by atoms with Crippen LogP contribution in [0, 0.1) is 5.92 Å². The molecule has 6 heteroatoms. The van der Waals surface area contributed by atoms with Crippen LogP contribution in [0.3, 0.4) is 0 Å². The van der Waals surface area contributed by atoms with Crippen LogP contribution in [0.15, 0.2) is 60.7 Å². The number of rotatable bonds is 5. The van der Waals surface area contributed by atoms with Crippen molar-refractivity contribution in [3.63, 3.8) is 0 Å². The molecule has 0 N–H and O–H groups in total. The second-order valence-corrected chi connectivity index (χ2v) is 9.36. The lowest BCUT2D eigenvalue weighted by Crippen LogP contribution is -2.45. The van der Waals surface area contributed by atoms with Gasteiger partial charge in [-0.05, 0) is 48.6 Å². The first-order chi connectivity index (χ1) is 16.1. The van der Waals surface area contributed by atoms with Gasteiger partial charge in [0.05, 0.1) is 0 Å². The first-order valence-electron chi connectivity index (χ1n) is 11.9. The van der Waals surface area contributed by atoms with Crippen molar-refractivity contribution >= 4 is 29.5 Å². The van der Waals surface area contributed by atoms with Gasteiger partial charge in [0.15, 0.2) is 0 Å². The summed E-state index contributed by atoms with van der Waals surface area (Å²) in [7, 11) is 0. The van der Waals surface area contributed by atoms with Crippen molar-refractivity contribution in [2.75, 3.05) is 39.3 Å². The zero-order valence-corrected chi connectivity index (χ0v) is 19.8. The van der Waals surface area contributed by atoms with Crippen molar-refractivity contribution < 1.29 is 9.59 Å². The van der Waals surface area contributed by atoms with Gasteiger partial charge in [0, 0.05) is 62.8 Å². The number of benzene rings is 2. The number of hydrogen-bond acceptors (Lipinski definition) is 3. The maximum atomic E-state index is 13.2. The Morgan fingerprint density at radius 1 is 0.848 bits per heavy atom. The molecule has 0 radical (unpaired) electrons. The molecule has 0 aromatic heterocycles. The molecule has 2 amide bonds. The Hall–Kier alpha value is -2.63. The summed E-state index contributed by atoms with van der Waals surface area (Å²) in [4.78, 5) is 32.0. The van der Waals surface area contributed by atoms with Crippen molar-refractivity contribution in [1.82, 2.24) is 14.7 Å². The van der Waals surface area contributed by atoms with E-state index in [4.69, 9.17) is 11.6 Å². The molecule has 2 aliphatic heterocycles. The highest BCUT2D eigenvalue weighted by molar-refractivity contribution is 6.30. The molecule has 33 heavy (non-hydrogen) atoms. The summed E-state index contributed by atoms with van der Waals surface area (Å²) >= 11 is 5.99. The summed E-state index contributed by atoms with van der Waals surface area (Å²) in [6.45, 7) is 5.63. The minimum Gasteiger partial charge on any atom is -0.341 e. The van der Waals surface area contributed by atoms with Crippen LogP contribution in [0.2, 0.25) is 5.02 Å². The number of halogens is 1. The van der Waals surface area contributed by atoms with Crippen LogP contribution in [-0.4, -0.2) is 65.8 Å². The molecule has 0 aliphatic carbocycles. The molecular weight excluding hydrogens is 434 g/mol. The molecule has 2 saturated heterocycles. The lowest BCUT2D eigenvalue weighted by molar-refractivity contribution is -0.139. The summed E-state index contributed by atoms with van der Waals surface area (Å²) in [6, 6.07) is 17.8. The van der Waals surface area contributed by atoms with E-state index in [-0.39, 0.29) is 17.7 Å². The normalized spacial score (nSPS) is 18.5. The minimum atomic E-state index is 0.0231. The summed E-state index contributed by atoms with van der Waals surface area (Å²) in [5, 5.41) is 0.756. The number of likely N-dealkylation sites (tertiary alicyclic amines) is 1. The number of carbonyl (C=O) groups excluding carboxylic acids is 2. The Bertz CT molecular complexity index is 953. The fraction of sp³-hybridized carbons (Fsp3) is 0.407. The zero-order chi connectivity index (χ0) is 23.0. The van der Waals surface area contributed by atoms with Gasteiger partial charge in [0.2, 0.25) is 11.8 Å². The van der Waals surface area contributed by atoms with E-state index < -0.39 is 0 Å². The summed E-state index contributed by atoms with van der Waals surface area (Å²) in [5.74, 6) is 0.308. The molecule has 0 spiro atoms. The Labute approximate surface area is 201 Å². The highest BCUT2D eigenvalue weighted by Gasteiger charge is 2.30. The second-order valence-electron chi connectivity index (χ2n) is 8.93. The average molecular weight is 466 g/mol. The Kier molecular flexibility index (Phi) is 8.19. The van der Waals surface area contributed by atoms with E-state index in [1.54, 1.807) is 6.08 Å². The first-order valence-corrected chi connectivity index (χ1v) is 12.2. The minimum absolute atomic E-state index is 0.0231. The lowest BCUT2D eigenvalue weighted by atomic mass is 9.95. The third-order valence-electron chi connectivity index (χ3n) is 6.59. The lowest BCUT2D eigenvalue weighted by Gasteiger charge is -2.33. The van der Waals surface area contributed by atoms with E-state index in [1.165, 1.54) is 5.56 Å². The van der Waals surface area contributed by atoms with Gasteiger partial charge < -0.3 is 9.80 Å². The van der Waals surface area contributed by atoms with Gasteiger partial charge in [-0.15, -0.1) is 0 Å². The van der Waals surface area contributed by atoms with Crippen LogP contribution >= 0.6 is 11.6 Å². The van der Waals surface area contributed by atoms with Crippen LogP contribution in [-0.2, 0) is 16.1 Å².